The highest BCUT2D eigenvalue weighted by atomic mass is 32.2. The van der Waals surface area contributed by atoms with Gasteiger partial charge in [0.15, 0.2) is 0 Å². The molecule has 132 valence electrons. The van der Waals surface area contributed by atoms with Crippen LogP contribution in [0.5, 0.6) is 0 Å². The molecule has 23 heavy (non-hydrogen) atoms. The highest BCUT2D eigenvalue weighted by Gasteiger charge is 2.73. The van der Waals surface area contributed by atoms with Crippen molar-refractivity contribution in [2.24, 2.45) is 35.0 Å². The summed E-state index contributed by atoms with van der Waals surface area (Å²) in [6, 6.07) is 0. The molecule has 1 spiro atoms. The van der Waals surface area contributed by atoms with E-state index in [9.17, 15) is 22.3 Å². The van der Waals surface area contributed by atoms with E-state index >= 15 is 0 Å². The largest absolute Gasteiger partial charge is 0.392 e. The minimum Gasteiger partial charge on any atom is -0.390 e. The summed E-state index contributed by atoms with van der Waals surface area (Å²) in [7, 11) is -5.46. The summed E-state index contributed by atoms with van der Waals surface area (Å²) in [5.41, 5.74) is -0.440. The summed E-state index contributed by atoms with van der Waals surface area (Å²) in [6.45, 7) is 0.515. The third-order valence-electron chi connectivity index (χ3n) is 7.37. The van der Waals surface area contributed by atoms with Crippen molar-refractivity contribution in [2.45, 2.75) is 43.5 Å². The van der Waals surface area contributed by atoms with Crippen molar-refractivity contribution in [3.63, 3.8) is 0 Å². The fourth-order valence-electron chi connectivity index (χ4n) is 6.27. The number of hydrogen-bond donors (Lipinski definition) is 2. The average Bonchev–Trinajstić information content (AvgIpc) is 2.65. The molecular formula is C15H22F2O5S. The Bertz CT molecular complexity index is 634. The Balaban J connectivity index is 1.47. The summed E-state index contributed by atoms with van der Waals surface area (Å²) < 4.78 is 61.3. The summed E-state index contributed by atoms with van der Waals surface area (Å²) in [6.07, 6.45) is 4.07. The molecule has 4 bridgehead atoms. The second kappa shape index (κ2) is 4.45. The summed E-state index contributed by atoms with van der Waals surface area (Å²) in [4.78, 5) is 0. The van der Waals surface area contributed by atoms with E-state index in [4.69, 9.17) is 9.29 Å². The lowest BCUT2D eigenvalue weighted by Gasteiger charge is -2.66. The van der Waals surface area contributed by atoms with Crippen LogP contribution in [0.1, 0.15) is 32.6 Å². The van der Waals surface area contributed by atoms with Crippen LogP contribution in [0.3, 0.4) is 0 Å². The maximum Gasteiger partial charge on any atom is 0.392 e. The lowest BCUT2D eigenvalue weighted by atomic mass is 9.40. The van der Waals surface area contributed by atoms with E-state index in [0.717, 1.165) is 25.7 Å². The zero-order chi connectivity index (χ0) is 16.8. The van der Waals surface area contributed by atoms with Crippen LogP contribution >= 0.6 is 0 Å². The SMILES string of the molecule is CC1(O)C2CC3C4CC3(C2)CC1C4COCC(F)(F)S(=O)(=O)O. The Morgan fingerprint density at radius 3 is 2.61 bits per heavy atom. The Morgan fingerprint density at radius 1 is 1.26 bits per heavy atom. The molecule has 5 rings (SSSR count). The van der Waals surface area contributed by atoms with E-state index in [1.54, 1.807) is 0 Å². The maximum absolute atomic E-state index is 13.3. The molecule has 0 aromatic rings. The molecule has 5 fully saturated rings. The van der Waals surface area contributed by atoms with Crippen LogP contribution in [-0.4, -0.2) is 42.1 Å². The van der Waals surface area contributed by atoms with Gasteiger partial charge in [-0.1, -0.05) is 0 Å². The Kier molecular flexibility index (Phi) is 3.13. The molecule has 0 radical (unpaired) electrons. The topological polar surface area (TPSA) is 83.8 Å². The molecule has 5 saturated carbocycles. The fraction of sp³-hybridized carbons (Fsp3) is 1.00. The van der Waals surface area contributed by atoms with E-state index < -0.39 is 27.6 Å². The first-order valence-corrected chi connectivity index (χ1v) is 9.57. The van der Waals surface area contributed by atoms with Crippen LogP contribution < -0.4 is 0 Å². The highest BCUT2D eigenvalue weighted by Crippen LogP contribution is 2.77. The van der Waals surface area contributed by atoms with E-state index in [0.29, 0.717) is 17.3 Å². The van der Waals surface area contributed by atoms with Gasteiger partial charge in [-0.05, 0) is 67.6 Å². The Morgan fingerprint density at radius 2 is 1.96 bits per heavy atom. The van der Waals surface area contributed by atoms with Gasteiger partial charge in [0.25, 0.3) is 0 Å². The van der Waals surface area contributed by atoms with Crippen LogP contribution in [0, 0.1) is 35.0 Å². The molecule has 7 unspecified atom stereocenters. The van der Waals surface area contributed by atoms with Crippen LogP contribution in [0.25, 0.3) is 0 Å². The number of alkyl halides is 2. The smallest absolute Gasteiger partial charge is 0.390 e. The van der Waals surface area contributed by atoms with Crippen molar-refractivity contribution < 1.29 is 31.6 Å². The van der Waals surface area contributed by atoms with E-state index in [2.05, 4.69) is 0 Å². The molecule has 0 heterocycles. The van der Waals surface area contributed by atoms with Gasteiger partial charge in [0, 0.05) is 0 Å². The lowest BCUT2D eigenvalue weighted by molar-refractivity contribution is -0.219. The fourth-order valence-corrected chi connectivity index (χ4v) is 6.50. The normalized spacial score (nSPS) is 50.9. The van der Waals surface area contributed by atoms with Gasteiger partial charge in [0.2, 0.25) is 0 Å². The van der Waals surface area contributed by atoms with Gasteiger partial charge < -0.3 is 9.84 Å². The van der Waals surface area contributed by atoms with Gasteiger partial charge in [-0.2, -0.15) is 17.2 Å². The first kappa shape index (κ1) is 16.2. The van der Waals surface area contributed by atoms with Crippen molar-refractivity contribution in [1.29, 1.82) is 0 Å². The molecule has 0 amide bonds. The number of halogens is 2. The average molecular weight is 352 g/mol. The zero-order valence-electron chi connectivity index (χ0n) is 12.9. The molecule has 8 heteroatoms. The second-order valence-electron chi connectivity index (χ2n) is 8.30. The van der Waals surface area contributed by atoms with Crippen molar-refractivity contribution in [3.05, 3.63) is 0 Å². The van der Waals surface area contributed by atoms with Gasteiger partial charge in [-0.15, -0.1) is 0 Å². The molecule has 5 aliphatic rings. The van der Waals surface area contributed by atoms with E-state index in [1.165, 1.54) is 0 Å². The molecule has 5 nitrogen and oxygen atoms in total. The number of hydrogen-bond acceptors (Lipinski definition) is 4. The van der Waals surface area contributed by atoms with Gasteiger partial charge >= 0.3 is 15.4 Å². The minimum atomic E-state index is -5.46. The number of ether oxygens (including phenoxy) is 1. The maximum atomic E-state index is 13.3. The Labute approximate surface area is 134 Å². The standard InChI is InChI=1S/C15H22F2O5S/c1-13(18)8-2-11-9-4-14(11,3-8)5-12(13)10(9)6-22-7-15(16,17)23(19,20)21/h8-12,18H,2-7H2,1H3,(H,19,20,21). The van der Waals surface area contributed by atoms with Crippen molar-refractivity contribution in [1.82, 2.24) is 0 Å². The van der Waals surface area contributed by atoms with Crippen molar-refractivity contribution in [2.75, 3.05) is 13.2 Å². The molecule has 0 aromatic heterocycles. The lowest BCUT2D eigenvalue weighted by Crippen LogP contribution is -2.63. The molecular weight excluding hydrogens is 330 g/mol. The molecule has 7 atom stereocenters. The summed E-state index contributed by atoms with van der Waals surface area (Å²) in [5, 5.41) is 6.61. The number of fused-ring (bicyclic) bond motifs is 1. The van der Waals surface area contributed by atoms with Crippen LogP contribution in [0.15, 0.2) is 0 Å². The predicted octanol–water partition coefficient (Wildman–Crippen LogP) is 1.92. The molecule has 0 aliphatic heterocycles. The summed E-state index contributed by atoms with van der Waals surface area (Å²) in [5.74, 6) is 1.22. The molecule has 0 aromatic carbocycles. The monoisotopic (exact) mass is 352 g/mol. The van der Waals surface area contributed by atoms with Gasteiger partial charge in [-0.3, -0.25) is 4.55 Å². The minimum absolute atomic E-state index is 0.00981. The van der Waals surface area contributed by atoms with Crippen molar-refractivity contribution >= 4 is 10.1 Å². The third kappa shape index (κ3) is 2.01. The van der Waals surface area contributed by atoms with Crippen LogP contribution in [-0.2, 0) is 14.9 Å². The Hall–Kier alpha value is -0.310. The number of rotatable bonds is 5. The first-order valence-electron chi connectivity index (χ1n) is 8.13. The summed E-state index contributed by atoms with van der Waals surface area (Å²) >= 11 is 0. The zero-order valence-corrected chi connectivity index (χ0v) is 13.7. The second-order valence-corrected chi connectivity index (χ2v) is 9.85. The molecule has 5 aliphatic carbocycles. The van der Waals surface area contributed by atoms with Gasteiger partial charge in [-0.25, -0.2) is 0 Å². The van der Waals surface area contributed by atoms with Crippen LogP contribution in [0.4, 0.5) is 8.78 Å². The van der Waals surface area contributed by atoms with Gasteiger partial charge in [0.1, 0.15) is 6.61 Å². The van der Waals surface area contributed by atoms with Crippen molar-refractivity contribution in [3.8, 4) is 0 Å². The quantitative estimate of drug-likeness (QED) is 0.739. The molecule has 2 N–H and O–H groups in total. The predicted molar refractivity (Wildman–Crippen MR) is 76.3 cm³/mol. The van der Waals surface area contributed by atoms with E-state index in [-0.39, 0.29) is 24.4 Å². The van der Waals surface area contributed by atoms with E-state index in [1.807, 2.05) is 6.92 Å². The van der Waals surface area contributed by atoms with Gasteiger partial charge in [0.05, 0.1) is 12.2 Å². The van der Waals surface area contributed by atoms with Crippen LogP contribution in [0.2, 0.25) is 0 Å². The first-order chi connectivity index (χ1) is 10.5. The highest BCUT2D eigenvalue weighted by molar-refractivity contribution is 7.86. The third-order valence-corrected chi connectivity index (χ3v) is 8.24. The number of aliphatic hydroxyl groups is 1. The molecule has 0 saturated heterocycles.